The lowest BCUT2D eigenvalue weighted by atomic mass is 9.83. The Bertz CT molecular complexity index is 474. The number of nitrogens with zero attached hydrogens (tertiary/aromatic N) is 1. The van der Waals surface area contributed by atoms with Crippen LogP contribution in [0.15, 0.2) is 22.7 Å². The fraction of sp³-hybridized carbons (Fsp3) is 0.647. The van der Waals surface area contributed by atoms with Crippen molar-refractivity contribution in [2.24, 2.45) is 0 Å². The van der Waals surface area contributed by atoms with Crippen LogP contribution in [0.3, 0.4) is 0 Å². The smallest absolute Gasteiger partial charge is 0.137 e. The lowest BCUT2D eigenvalue weighted by molar-refractivity contribution is 0.0872. The van der Waals surface area contributed by atoms with Gasteiger partial charge in [0.2, 0.25) is 0 Å². The van der Waals surface area contributed by atoms with Crippen molar-refractivity contribution in [3.63, 3.8) is 0 Å². The third-order valence-corrected chi connectivity index (χ3v) is 5.99. The Morgan fingerprint density at radius 1 is 1.38 bits per heavy atom. The normalized spacial score (nSPS) is 20.4. The number of benzene rings is 1. The summed E-state index contributed by atoms with van der Waals surface area (Å²) in [5.41, 5.74) is 1.14. The summed E-state index contributed by atoms with van der Waals surface area (Å²) in [6.45, 7) is 6.94. The molecule has 21 heavy (non-hydrogen) atoms. The summed E-state index contributed by atoms with van der Waals surface area (Å²) in [6.07, 6.45) is 4.49. The molecule has 0 aliphatic carbocycles. The van der Waals surface area contributed by atoms with Gasteiger partial charge in [0.25, 0.3) is 0 Å². The number of rotatable bonds is 6. The van der Waals surface area contributed by atoms with E-state index in [2.05, 4.69) is 40.0 Å². The van der Waals surface area contributed by atoms with E-state index in [-0.39, 0.29) is 11.4 Å². The molecular formula is C17H26BrFN2. The fourth-order valence-electron chi connectivity index (χ4n) is 3.48. The number of halogens is 2. The second kappa shape index (κ2) is 7.21. The highest BCUT2D eigenvalue weighted by Crippen LogP contribution is 2.31. The number of hydrogen-bond donors (Lipinski definition) is 1. The van der Waals surface area contributed by atoms with Crippen LogP contribution in [0, 0.1) is 5.82 Å². The van der Waals surface area contributed by atoms with Gasteiger partial charge in [-0.15, -0.1) is 0 Å². The number of nitrogens with one attached hydrogen (secondary N) is 1. The van der Waals surface area contributed by atoms with Gasteiger partial charge in [-0.05, 0) is 80.3 Å². The van der Waals surface area contributed by atoms with Crippen molar-refractivity contribution >= 4 is 15.9 Å². The fourth-order valence-corrected chi connectivity index (χ4v) is 3.90. The van der Waals surface area contributed by atoms with E-state index in [9.17, 15) is 4.39 Å². The summed E-state index contributed by atoms with van der Waals surface area (Å²) in [5.74, 6) is -0.179. The van der Waals surface area contributed by atoms with Crippen molar-refractivity contribution in [1.29, 1.82) is 0 Å². The largest absolute Gasteiger partial charge is 0.315 e. The topological polar surface area (TPSA) is 15.3 Å². The molecule has 2 atom stereocenters. The maximum absolute atomic E-state index is 13.7. The number of likely N-dealkylation sites (N-methyl/N-ethyl adjacent to an activating group) is 1. The second-order valence-electron chi connectivity index (χ2n) is 6.16. The van der Waals surface area contributed by atoms with Crippen LogP contribution in [0.4, 0.5) is 4.39 Å². The Morgan fingerprint density at radius 3 is 2.62 bits per heavy atom. The van der Waals surface area contributed by atoms with Crippen LogP contribution in [0.5, 0.6) is 0 Å². The summed E-state index contributed by atoms with van der Waals surface area (Å²) >= 11 is 3.39. The second-order valence-corrected chi connectivity index (χ2v) is 6.96. The lowest BCUT2D eigenvalue weighted by Gasteiger charge is -2.44. The van der Waals surface area contributed by atoms with Gasteiger partial charge in [0.15, 0.2) is 0 Å². The highest BCUT2D eigenvalue weighted by Gasteiger charge is 2.38. The van der Waals surface area contributed by atoms with Gasteiger partial charge < -0.3 is 5.32 Å². The SMILES string of the molecule is CCC(C)(C(Cc1cccc(F)c1Br)NC)N1CCCC1. The van der Waals surface area contributed by atoms with Gasteiger partial charge in [-0.1, -0.05) is 19.1 Å². The summed E-state index contributed by atoms with van der Waals surface area (Å²) in [7, 11) is 2.02. The molecule has 0 bridgehead atoms. The van der Waals surface area contributed by atoms with E-state index in [1.807, 2.05) is 13.1 Å². The van der Waals surface area contributed by atoms with Crippen LogP contribution < -0.4 is 5.32 Å². The molecule has 0 amide bonds. The number of likely N-dealkylation sites (tertiary alicyclic amines) is 1. The minimum atomic E-state index is -0.179. The Labute approximate surface area is 136 Å². The molecule has 2 unspecified atom stereocenters. The average Bonchev–Trinajstić information content (AvgIpc) is 3.03. The van der Waals surface area contributed by atoms with Gasteiger partial charge in [0, 0.05) is 11.6 Å². The molecule has 1 aromatic rings. The summed E-state index contributed by atoms with van der Waals surface area (Å²) in [5, 5.41) is 3.48. The molecule has 4 heteroatoms. The molecule has 118 valence electrons. The molecule has 1 saturated heterocycles. The van der Waals surface area contributed by atoms with Crippen LogP contribution in [0.1, 0.15) is 38.7 Å². The van der Waals surface area contributed by atoms with Gasteiger partial charge in [-0.3, -0.25) is 4.90 Å². The monoisotopic (exact) mass is 356 g/mol. The maximum atomic E-state index is 13.7. The molecule has 1 N–H and O–H groups in total. The van der Waals surface area contributed by atoms with Crippen molar-refractivity contribution in [3.05, 3.63) is 34.1 Å². The molecule has 2 rings (SSSR count). The highest BCUT2D eigenvalue weighted by molar-refractivity contribution is 9.10. The predicted octanol–water partition coefficient (Wildman–Crippen LogP) is 3.98. The minimum Gasteiger partial charge on any atom is -0.315 e. The van der Waals surface area contributed by atoms with E-state index in [1.165, 1.54) is 32.0 Å². The van der Waals surface area contributed by atoms with Crippen LogP contribution in [-0.2, 0) is 6.42 Å². The average molecular weight is 357 g/mol. The molecule has 1 heterocycles. The van der Waals surface area contributed by atoms with Crippen molar-refractivity contribution in [2.75, 3.05) is 20.1 Å². The van der Waals surface area contributed by atoms with E-state index in [0.29, 0.717) is 10.5 Å². The first-order valence-electron chi connectivity index (χ1n) is 7.88. The molecule has 1 fully saturated rings. The van der Waals surface area contributed by atoms with Gasteiger partial charge in [-0.2, -0.15) is 0 Å². The first kappa shape index (κ1) is 16.9. The Hall–Kier alpha value is -0.450. The van der Waals surface area contributed by atoms with Gasteiger partial charge in [-0.25, -0.2) is 4.39 Å². The van der Waals surface area contributed by atoms with E-state index in [1.54, 1.807) is 6.07 Å². The Kier molecular flexibility index (Phi) is 5.81. The van der Waals surface area contributed by atoms with Gasteiger partial charge >= 0.3 is 0 Å². The predicted molar refractivity (Wildman–Crippen MR) is 90.2 cm³/mol. The van der Waals surface area contributed by atoms with Crippen LogP contribution >= 0.6 is 15.9 Å². The van der Waals surface area contributed by atoms with Crippen LogP contribution in [0.2, 0.25) is 0 Å². The number of hydrogen-bond acceptors (Lipinski definition) is 2. The van der Waals surface area contributed by atoms with E-state index >= 15 is 0 Å². The summed E-state index contributed by atoms with van der Waals surface area (Å²) in [4.78, 5) is 2.60. The Morgan fingerprint density at radius 2 is 2.05 bits per heavy atom. The lowest BCUT2D eigenvalue weighted by Crippen LogP contribution is -2.58. The Balaban J connectivity index is 2.23. The third-order valence-electron chi connectivity index (χ3n) is 5.10. The maximum Gasteiger partial charge on any atom is 0.137 e. The summed E-state index contributed by atoms with van der Waals surface area (Å²) < 4.78 is 14.3. The standard InChI is InChI=1S/C17H26BrFN2/c1-4-17(2,21-10-5-6-11-21)15(20-3)12-13-8-7-9-14(19)16(13)18/h7-9,15,20H,4-6,10-12H2,1-3H3. The molecule has 1 aliphatic heterocycles. The first-order valence-corrected chi connectivity index (χ1v) is 8.67. The van der Waals surface area contributed by atoms with Gasteiger partial charge in [0.05, 0.1) is 4.47 Å². The van der Waals surface area contributed by atoms with Crippen molar-refractivity contribution in [3.8, 4) is 0 Å². The molecule has 0 radical (unpaired) electrons. The third kappa shape index (κ3) is 3.49. The highest BCUT2D eigenvalue weighted by atomic mass is 79.9. The van der Waals surface area contributed by atoms with Crippen molar-refractivity contribution < 1.29 is 4.39 Å². The zero-order valence-electron chi connectivity index (χ0n) is 13.3. The zero-order valence-corrected chi connectivity index (χ0v) is 14.8. The van der Waals surface area contributed by atoms with Crippen molar-refractivity contribution in [2.45, 2.75) is 51.1 Å². The molecule has 0 aromatic heterocycles. The zero-order chi connectivity index (χ0) is 15.5. The first-order chi connectivity index (χ1) is 10.0. The van der Waals surface area contributed by atoms with Crippen LogP contribution in [-0.4, -0.2) is 36.6 Å². The molecule has 1 aromatic carbocycles. The van der Waals surface area contributed by atoms with E-state index in [0.717, 1.165) is 18.4 Å². The van der Waals surface area contributed by atoms with E-state index < -0.39 is 0 Å². The molecule has 0 saturated carbocycles. The van der Waals surface area contributed by atoms with Crippen LogP contribution in [0.25, 0.3) is 0 Å². The molecule has 2 nitrogen and oxygen atoms in total. The molecule has 0 spiro atoms. The van der Waals surface area contributed by atoms with Crippen molar-refractivity contribution in [1.82, 2.24) is 10.2 Å². The molecule has 1 aliphatic rings. The van der Waals surface area contributed by atoms with Gasteiger partial charge in [0.1, 0.15) is 5.82 Å². The quantitative estimate of drug-likeness (QED) is 0.828. The van der Waals surface area contributed by atoms with E-state index in [4.69, 9.17) is 0 Å². The molecular weight excluding hydrogens is 331 g/mol. The minimum absolute atomic E-state index is 0.108. The summed E-state index contributed by atoms with van der Waals surface area (Å²) in [6, 6.07) is 5.61.